The van der Waals surface area contributed by atoms with Gasteiger partial charge in [0, 0.05) is 29.6 Å². The number of benzene rings is 3. The SMILES string of the molecule is O=C(N/N=C\c1ccc(OC(=O)c2ccccc2)cc1OC(=O)c1ccccc1)c1ccncc1. The Kier molecular flexibility index (Phi) is 7.35. The highest BCUT2D eigenvalue weighted by Gasteiger charge is 2.15. The van der Waals surface area contributed by atoms with Crippen molar-refractivity contribution >= 4 is 24.1 Å². The monoisotopic (exact) mass is 465 g/mol. The number of pyridine rings is 1. The molecule has 35 heavy (non-hydrogen) atoms. The first-order valence-electron chi connectivity index (χ1n) is 10.5. The van der Waals surface area contributed by atoms with E-state index in [9.17, 15) is 14.4 Å². The molecule has 1 heterocycles. The lowest BCUT2D eigenvalue weighted by Gasteiger charge is -2.10. The number of rotatable bonds is 7. The van der Waals surface area contributed by atoms with Gasteiger partial charge < -0.3 is 9.47 Å². The highest BCUT2D eigenvalue weighted by molar-refractivity contribution is 5.96. The number of carbonyl (C=O) groups is 3. The maximum absolute atomic E-state index is 12.6. The Morgan fingerprint density at radius 1 is 0.714 bits per heavy atom. The van der Waals surface area contributed by atoms with E-state index in [1.807, 2.05) is 0 Å². The maximum atomic E-state index is 12.6. The van der Waals surface area contributed by atoms with Crippen LogP contribution in [0.3, 0.4) is 0 Å². The summed E-state index contributed by atoms with van der Waals surface area (Å²) in [6.07, 6.45) is 4.32. The van der Waals surface area contributed by atoms with Crippen LogP contribution >= 0.6 is 0 Å². The minimum Gasteiger partial charge on any atom is -0.423 e. The third kappa shape index (κ3) is 6.23. The summed E-state index contributed by atoms with van der Waals surface area (Å²) in [5.41, 5.74) is 3.88. The van der Waals surface area contributed by atoms with Crippen LogP contribution < -0.4 is 14.9 Å². The lowest BCUT2D eigenvalue weighted by molar-refractivity contribution is 0.0732. The van der Waals surface area contributed by atoms with E-state index in [0.29, 0.717) is 22.3 Å². The first-order valence-corrected chi connectivity index (χ1v) is 10.5. The first kappa shape index (κ1) is 23.1. The molecular formula is C27H19N3O5. The number of esters is 2. The molecule has 1 aromatic heterocycles. The van der Waals surface area contributed by atoms with Crippen molar-refractivity contribution < 1.29 is 23.9 Å². The van der Waals surface area contributed by atoms with Crippen molar-refractivity contribution in [3.8, 4) is 11.5 Å². The van der Waals surface area contributed by atoms with Gasteiger partial charge in [0.1, 0.15) is 11.5 Å². The number of nitrogens with one attached hydrogen (secondary N) is 1. The summed E-state index contributed by atoms with van der Waals surface area (Å²) in [5.74, 6) is -1.32. The molecule has 172 valence electrons. The van der Waals surface area contributed by atoms with E-state index >= 15 is 0 Å². The predicted molar refractivity (Wildman–Crippen MR) is 129 cm³/mol. The van der Waals surface area contributed by atoms with Crippen molar-refractivity contribution in [2.45, 2.75) is 0 Å². The molecule has 0 aliphatic rings. The van der Waals surface area contributed by atoms with Crippen LogP contribution in [0.2, 0.25) is 0 Å². The molecular weight excluding hydrogens is 446 g/mol. The van der Waals surface area contributed by atoms with Gasteiger partial charge in [-0.15, -0.1) is 0 Å². The zero-order chi connectivity index (χ0) is 24.5. The van der Waals surface area contributed by atoms with Crippen LogP contribution in [0.25, 0.3) is 0 Å². The summed E-state index contributed by atoms with van der Waals surface area (Å²) < 4.78 is 11.0. The lowest BCUT2D eigenvalue weighted by atomic mass is 10.2. The molecule has 0 aliphatic carbocycles. The third-order valence-corrected chi connectivity index (χ3v) is 4.73. The Morgan fingerprint density at radius 3 is 1.94 bits per heavy atom. The van der Waals surface area contributed by atoms with Crippen molar-refractivity contribution in [2.24, 2.45) is 5.10 Å². The van der Waals surface area contributed by atoms with Gasteiger partial charge >= 0.3 is 11.9 Å². The largest absolute Gasteiger partial charge is 0.423 e. The molecule has 0 spiro atoms. The van der Waals surface area contributed by atoms with E-state index in [1.165, 1.54) is 30.7 Å². The molecule has 0 bridgehead atoms. The van der Waals surface area contributed by atoms with Gasteiger partial charge in [0.05, 0.1) is 17.3 Å². The van der Waals surface area contributed by atoms with E-state index in [1.54, 1.807) is 78.9 Å². The number of carbonyl (C=O) groups excluding carboxylic acids is 3. The fourth-order valence-electron chi connectivity index (χ4n) is 2.97. The van der Waals surface area contributed by atoms with Gasteiger partial charge in [-0.05, 0) is 48.5 Å². The smallest absolute Gasteiger partial charge is 0.343 e. The van der Waals surface area contributed by atoms with Crippen LogP contribution in [-0.2, 0) is 0 Å². The average molecular weight is 465 g/mol. The van der Waals surface area contributed by atoms with E-state index in [2.05, 4.69) is 15.5 Å². The molecule has 0 saturated heterocycles. The fourth-order valence-corrected chi connectivity index (χ4v) is 2.97. The summed E-state index contributed by atoms with van der Waals surface area (Å²) in [6, 6.07) is 24.5. The number of hydrogen-bond acceptors (Lipinski definition) is 7. The molecule has 0 aliphatic heterocycles. The Hall–Kier alpha value is -5.11. The third-order valence-electron chi connectivity index (χ3n) is 4.73. The number of aromatic nitrogens is 1. The number of ether oxygens (including phenoxy) is 2. The van der Waals surface area contributed by atoms with Crippen LogP contribution in [0.5, 0.6) is 11.5 Å². The zero-order valence-electron chi connectivity index (χ0n) is 18.3. The van der Waals surface area contributed by atoms with Crippen molar-refractivity contribution in [3.63, 3.8) is 0 Å². The van der Waals surface area contributed by atoms with Crippen molar-refractivity contribution in [1.29, 1.82) is 0 Å². The van der Waals surface area contributed by atoms with Gasteiger partial charge in [0.15, 0.2) is 0 Å². The van der Waals surface area contributed by atoms with E-state index < -0.39 is 17.8 Å². The fraction of sp³-hybridized carbons (Fsp3) is 0. The van der Waals surface area contributed by atoms with Gasteiger partial charge in [-0.25, -0.2) is 15.0 Å². The molecule has 4 rings (SSSR count). The van der Waals surface area contributed by atoms with Crippen molar-refractivity contribution in [3.05, 3.63) is 126 Å². The zero-order valence-corrected chi connectivity index (χ0v) is 18.3. The summed E-state index contributed by atoms with van der Waals surface area (Å²) in [4.78, 5) is 41.1. The Balaban J connectivity index is 1.56. The van der Waals surface area contributed by atoms with E-state index in [-0.39, 0.29) is 11.5 Å². The normalized spacial score (nSPS) is 10.5. The molecule has 8 nitrogen and oxygen atoms in total. The molecule has 0 saturated carbocycles. The van der Waals surface area contributed by atoms with Crippen LogP contribution in [-0.4, -0.2) is 29.0 Å². The topological polar surface area (TPSA) is 107 Å². The molecule has 3 aromatic carbocycles. The Bertz CT molecular complexity index is 1360. The molecule has 1 amide bonds. The number of amides is 1. The minimum atomic E-state index is -0.604. The second kappa shape index (κ2) is 11.2. The molecule has 0 atom stereocenters. The summed E-state index contributed by atoms with van der Waals surface area (Å²) in [5, 5.41) is 3.95. The molecule has 0 radical (unpaired) electrons. The van der Waals surface area contributed by atoms with Gasteiger partial charge in [-0.3, -0.25) is 9.78 Å². The molecule has 0 unspecified atom stereocenters. The molecule has 8 heteroatoms. The number of hydrazone groups is 1. The van der Waals surface area contributed by atoms with Gasteiger partial charge in [-0.1, -0.05) is 36.4 Å². The van der Waals surface area contributed by atoms with E-state index in [0.717, 1.165) is 0 Å². The summed E-state index contributed by atoms with van der Waals surface area (Å²) in [7, 11) is 0. The second-order valence-electron chi connectivity index (χ2n) is 7.15. The van der Waals surface area contributed by atoms with Crippen LogP contribution in [0.1, 0.15) is 36.6 Å². The molecule has 1 N–H and O–H groups in total. The lowest BCUT2D eigenvalue weighted by Crippen LogP contribution is -2.17. The Labute approximate surface area is 200 Å². The first-order chi connectivity index (χ1) is 17.1. The van der Waals surface area contributed by atoms with Crippen molar-refractivity contribution in [2.75, 3.05) is 0 Å². The standard InChI is InChI=1S/C27H19N3O5/c31-25(19-13-15-28-16-14-19)30-29-18-22-11-12-23(34-26(32)20-7-3-1-4-8-20)17-24(22)35-27(33)21-9-5-2-6-10-21/h1-18H,(H,30,31)/b29-18-. The van der Waals surface area contributed by atoms with Gasteiger partial charge in [-0.2, -0.15) is 5.10 Å². The predicted octanol–water partition coefficient (Wildman–Crippen LogP) is 4.28. The highest BCUT2D eigenvalue weighted by Crippen LogP contribution is 2.25. The maximum Gasteiger partial charge on any atom is 0.343 e. The summed E-state index contributed by atoms with van der Waals surface area (Å²) >= 11 is 0. The molecule has 0 fully saturated rings. The van der Waals surface area contributed by atoms with E-state index in [4.69, 9.17) is 9.47 Å². The minimum absolute atomic E-state index is 0.0964. The highest BCUT2D eigenvalue weighted by atomic mass is 16.5. The average Bonchev–Trinajstić information content (AvgIpc) is 2.91. The van der Waals surface area contributed by atoms with Crippen LogP contribution in [0, 0.1) is 0 Å². The van der Waals surface area contributed by atoms with Gasteiger partial charge in [0.2, 0.25) is 0 Å². The van der Waals surface area contributed by atoms with Crippen LogP contribution in [0.15, 0.2) is 108 Å². The summed E-state index contributed by atoms with van der Waals surface area (Å²) in [6.45, 7) is 0. The second-order valence-corrected chi connectivity index (χ2v) is 7.15. The number of hydrogen-bond donors (Lipinski definition) is 1. The van der Waals surface area contributed by atoms with Crippen molar-refractivity contribution in [1.82, 2.24) is 10.4 Å². The quantitative estimate of drug-likeness (QED) is 0.189. The number of nitrogens with zero attached hydrogens (tertiary/aromatic N) is 2. The Morgan fingerprint density at radius 2 is 1.31 bits per heavy atom. The van der Waals surface area contributed by atoms with Gasteiger partial charge in [0.25, 0.3) is 5.91 Å². The molecule has 4 aromatic rings. The van der Waals surface area contributed by atoms with Crippen LogP contribution in [0.4, 0.5) is 0 Å².